The van der Waals surface area contributed by atoms with Gasteiger partial charge in [-0.1, -0.05) is 19.3 Å². The summed E-state index contributed by atoms with van der Waals surface area (Å²) in [5.41, 5.74) is 1.16. The highest BCUT2D eigenvalue weighted by Gasteiger charge is 2.22. The zero-order valence-electron chi connectivity index (χ0n) is 13.4. The first-order valence-corrected chi connectivity index (χ1v) is 9.69. The van der Waals surface area contributed by atoms with E-state index in [1.165, 1.54) is 12.7 Å². The van der Waals surface area contributed by atoms with E-state index in [1.807, 2.05) is 0 Å². The fourth-order valence-electron chi connectivity index (χ4n) is 2.94. The maximum atomic E-state index is 12.1. The zero-order valence-corrected chi connectivity index (χ0v) is 14.2. The second-order valence-corrected chi connectivity index (χ2v) is 7.91. The van der Waals surface area contributed by atoms with Gasteiger partial charge in [-0.15, -0.1) is 0 Å². The highest BCUT2D eigenvalue weighted by Crippen LogP contribution is 2.27. The number of nitrogens with one attached hydrogen (secondary N) is 1. The lowest BCUT2D eigenvalue weighted by Gasteiger charge is -2.24. The average molecular weight is 335 g/mol. The van der Waals surface area contributed by atoms with Crippen LogP contribution < -0.4 is 10.1 Å². The van der Waals surface area contributed by atoms with Crippen LogP contribution in [0.2, 0.25) is 0 Å². The van der Waals surface area contributed by atoms with Crippen LogP contribution in [0, 0.1) is 0 Å². The fraction of sp³-hybridized carbons (Fsp3) is 0.500. The van der Waals surface area contributed by atoms with Crippen molar-refractivity contribution in [1.29, 1.82) is 0 Å². The third kappa shape index (κ3) is 3.55. The molecule has 1 fully saturated rings. The normalized spacial score (nSPS) is 16.4. The lowest BCUT2D eigenvalue weighted by atomic mass is 9.95. The van der Waals surface area contributed by atoms with Crippen molar-refractivity contribution in [2.45, 2.75) is 43.2 Å². The summed E-state index contributed by atoms with van der Waals surface area (Å²) < 4.78 is 29.4. The van der Waals surface area contributed by atoms with E-state index < -0.39 is 9.84 Å². The van der Waals surface area contributed by atoms with E-state index >= 15 is 0 Å². The molecule has 3 rings (SSSR count). The number of nitrogens with zero attached hydrogens (tertiary/aromatic N) is 2. The highest BCUT2D eigenvalue weighted by molar-refractivity contribution is 7.90. The Morgan fingerprint density at radius 3 is 2.52 bits per heavy atom. The van der Waals surface area contributed by atoms with E-state index in [9.17, 15) is 8.42 Å². The number of ether oxygens (including phenoxy) is 1. The van der Waals surface area contributed by atoms with Gasteiger partial charge in [-0.05, 0) is 25.0 Å². The van der Waals surface area contributed by atoms with Gasteiger partial charge in [0.1, 0.15) is 5.75 Å². The first-order chi connectivity index (χ1) is 11.0. The average Bonchev–Trinajstić information content (AvgIpc) is 2.53. The van der Waals surface area contributed by atoms with Crippen LogP contribution in [0.15, 0.2) is 23.2 Å². The molecule has 0 atom stereocenters. The molecule has 23 heavy (non-hydrogen) atoms. The number of anilines is 1. The van der Waals surface area contributed by atoms with E-state index in [0.29, 0.717) is 22.6 Å². The Bertz CT molecular complexity index is 815. The third-order valence-electron chi connectivity index (χ3n) is 4.14. The second-order valence-electron chi connectivity index (χ2n) is 5.98. The molecule has 1 aliphatic rings. The van der Waals surface area contributed by atoms with Gasteiger partial charge in [0, 0.05) is 18.4 Å². The minimum absolute atomic E-state index is 0.0146. The van der Waals surface area contributed by atoms with Gasteiger partial charge in [0.2, 0.25) is 0 Å². The van der Waals surface area contributed by atoms with Gasteiger partial charge in [0.25, 0.3) is 0 Å². The van der Waals surface area contributed by atoms with Crippen molar-refractivity contribution in [2.24, 2.45) is 0 Å². The van der Waals surface area contributed by atoms with E-state index in [2.05, 4.69) is 15.3 Å². The van der Waals surface area contributed by atoms with Crippen LogP contribution in [0.5, 0.6) is 5.75 Å². The number of hydrogen-bond acceptors (Lipinski definition) is 6. The first-order valence-electron chi connectivity index (χ1n) is 7.80. The largest absolute Gasteiger partial charge is 0.497 e. The summed E-state index contributed by atoms with van der Waals surface area (Å²) in [5, 5.41) is 3.31. The van der Waals surface area contributed by atoms with Gasteiger partial charge in [-0.3, -0.25) is 0 Å². The van der Waals surface area contributed by atoms with Crippen LogP contribution in [0.3, 0.4) is 0 Å². The van der Waals surface area contributed by atoms with Crippen LogP contribution >= 0.6 is 0 Å². The van der Waals surface area contributed by atoms with Gasteiger partial charge in [0.15, 0.2) is 20.7 Å². The summed E-state index contributed by atoms with van der Waals surface area (Å²) in [6.45, 7) is 0. The fourth-order valence-corrected chi connectivity index (χ4v) is 3.66. The molecule has 1 aromatic carbocycles. The molecule has 0 unspecified atom stereocenters. The van der Waals surface area contributed by atoms with Crippen molar-refractivity contribution in [3.05, 3.63) is 18.2 Å². The second kappa shape index (κ2) is 6.31. The Labute approximate surface area is 136 Å². The molecule has 1 N–H and O–H groups in total. The molecule has 2 aromatic rings. The summed E-state index contributed by atoms with van der Waals surface area (Å²) in [4.78, 5) is 8.83. The maximum absolute atomic E-state index is 12.1. The summed E-state index contributed by atoms with van der Waals surface area (Å²) in [6.07, 6.45) is 6.76. The molecule has 0 aliphatic heterocycles. The monoisotopic (exact) mass is 335 g/mol. The van der Waals surface area contributed by atoms with Crippen molar-refractivity contribution >= 4 is 26.7 Å². The number of rotatable bonds is 4. The van der Waals surface area contributed by atoms with Crippen molar-refractivity contribution < 1.29 is 13.2 Å². The summed E-state index contributed by atoms with van der Waals surface area (Å²) in [5.74, 6) is 1.02. The number of fused-ring (bicyclic) bond motifs is 1. The molecule has 7 heteroatoms. The molecule has 0 bridgehead atoms. The zero-order chi connectivity index (χ0) is 16.4. The number of aromatic nitrogens is 2. The molecule has 0 radical (unpaired) electrons. The van der Waals surface area contributed by atoms with Crippen LogP contribution in [-0.4, -0.2) is 37.8 Å². The number of sulfone groups is 1. The Morgan fingerprint density at radius 1 is 1.13 bits per heavy atom. The topological polar surface area (TPSA) is 81.2 Å². The van der Waals surface area contributed by atoms with Crippen LogP contribution in [-0.2, 0) is 9.84 Å². The predicted molar refractivity (Wildman–Crippen MR) is 89.7 cm³/mol. The number of hydrogen-bond donors (Lipinski definition) is 1. The van der Waals surface area contributed by atoms with Gasteiger partial charge in [0.05, 0.1) is 18.1 Å². The van der Waals surface area contributed by atoms with Gasteiger partial charge >= 0.3 is 0 Å². The summed E-state index contributed by atoms with van der Waals surface area (Å²) in [7, 11) is -1.87. The van der Waals surface area contributed by atoms with Crippen molar-refractivity contribution in [3.63, 3.8) is 0 Å². The molecule has 124 valence electrons. The van der Waals surface area contributed by atoms with Gasteiger partial charge in [-0.2, -0.15) is 0 Å². The molecular weight excluding hydrogens is 314 g/mol. The first kappa shape index (κ1) is 16.0. The van der Waals surface area contributed by atoms with Gasteiger partial charge in [-0.25, -0.2) is 18.4 Å². The standard InChI is InChI=1S/C16H21N3O3S/c1-22-12-8-9-13-14(10-12)18-15(16(19-13)23(2,20)21)17-11-6-4-3-5-7-11/h8-11H,3-7H2,1-2H3,(H,17,18). The molecule has 0 amide bonds. The molecular formula is C16H21N3O3S. The van der Waals surface area contributed by atoms with Crippen molar-refractivity contribution in [1.82, 2.24) is 9.97 Å². The third-order valence-corrected chi connectivity index (χ3v) is 5.12. The molecule has 1 saturated carbocycles. The minimum Gasteiger partial charge on any atom is -0.497 e. The smallest absolute Gasteiger partial charge is 0.198 e. The number of methoxy groups -OCH3 is 1. The van der Waals surface area contributed by atoms with Crippen LogP contribution in [0.4, 0.5) is 5.82 Å². The molecule has 0 spiro atoms. The van der Waals surface area contributed by atoms with Crippen molar-refractivity contribution in [3.8, 4) is 5.75 Å². The van der Waals surface area contributed by atoms with Gasteiger partial charge < -0.3 is 10.1 Å². The number of benzene rings is 1. The Kier molecular flexibility index (Phi) is 4.39. The summed E-state index contributed by atoms with van der Waals surface area (Å²) in [6, 6.07) is 5.49. The van der Waals surface area contributed by atoms with E-state index in [4.69, 9.17) is 4.74 Å². The lowest BCUT2D eigenvalue weighted by molar-refractivity contribution is 0.415. The molecule has 6 nitrogen and oxygen atoms in total. The van der Waals surface area contributed by atoms with E-state index in [1.54, 1.807) is 25.3 Å². The predicted octanol–water partition coefficient (Wildman–Crippen LogP) is 2.79. The van der Waals surface area contributed by atoms with Crippen molar-refractivity contribution in [2.75, 3.05) is 18.7 Å². The molecule has 1 aromatic heterocycles. The van der Waals surface area contributed by atoms with Crippen LogP contribution in [0.25, 0.3) is 11.0 Å². The highest BCUT2D eigenvalue weighted by atomic mass is 32.2. The lowest BCUT2D eigenvalue weighted by Crippen LogP contribution is -2.24. The summed E-state index contributed by atoms with van der Waals surface area (Å²) >= 11 is 0. The molecule has 1 aliphatic carbocycles. The quantitative estimate of drug-likeness (QED) is 0.925. The SMILES string of the molecule is COc1ccc2nc(S(C)(=O)=O)c(NC3CCCCC3)nc2c1. The molecule has 1 heterocycles. The Hall–Kier alpha value is -1.89. The maximum Gasteiger partial charge on any atom is 0.198 e. The van der Waals surface area contributed by atoms with E-state index in [0.717, 1.165) is 25.7 Å². The molecule has 0 saturated heterocycles. The van der Waals surface area contributed by atoms with Crippen LogP contribution in [0.1, 0.15) is 32.1 Å². The minimum atomic E-state index is -3.46. The Morgan fingerprint density at radius 2 is 1.87 bits per heavy atom. The Balaban J connectivity index is 2.07. The van der Waals surface area contributed by atoms with E-state index in [-0.39, 0.29) is 11.1 Å².